The number of aromatic nitrogens is 1. The van der Waals surface area contributed by atoms with Gasteiger partial charge in [-0.1, -0.05) is 39.0 Å². The van der Waals surface area contributed by atoms with Gasteiger partial charge in [-0.25, -0.2) is 4.98 Å². The Morgan fingerprint density at radius 1 is 1.29 bits per heavy atom. The highest BCUT2D eigenvalue weighted by molar-refractivity contribution is 7.09. The Labute approximate surface area is 127 Å². The molecule has 0 saturated heterocycles. The molecule has 0 fully saturated rings. The molecule has 3 nitrogen and oxygen atoms in total. The number of Topliss-reactive ketones (excluding diaryl/α,β-unsaturated/α-hetero) is 1. The normalized spacial score (nSPS) is 12.0. The van der Waals surface area contributed by atoms with Gasteiger partial charge in [-0.15, -0.1) is 11.3 Å². The quantitative estimate of drug-likeness (QED) is 0.663. The molecule has 0 atom stereocenters. The second-order valence-corrected chi connectivity index (χ2v) is 7.06. The number of carbonyl (C=O) groups is 1. The minimum atomic E-state index is 0.0140. The van der Waals surface area contributed by atoms with Gasteiger partial charge in [0.2, 0.25) is 0 Å². The third-order valence-corrected chi connectivity index (χ3v) is 4.26. The van der Waals surface area contributed by atoms with Crippen molar-refractivity contribution in [1.82, 2.24) is 4.98 Å². The molecule has 0 N–H and O–H groups in total. The summed E-state index contributed by atoms with van der Waals surface area (Å²) in [5, 5.41) is 3.76. The van der Waals surface area contributed by atoms with Crippen LogP contribution in [0.4, 0.5) is 0 Å². The summed E-state index contributed by atoms with van der Waals surface area (Å²) in [5.74, 6) is 0.0507. The van der Waals surface area contributed by atoms with Crippen molar-refractivity contribution in [3.8, 4) is 0 Å². The van der Waals surface area contributed by atoms with Gasteiger partial charge >= 0.3 is 0 Å². The molecule has 3 rings (SSSR count). The zero-order chi connectivity index (χ0) is 15.0. The highest BCUT2D eigenvalue weighted by Gasteiger charge is 2.20. The number of hydrogen-bond donors (Lipinski definition) is 0. The molecule has 0 aliphatic carbocycles. The summed E-state index contributed by atoms with van der Waals surface area (Å²) in [6, 6.07) is 7.59. The van der Waals surface area contributed by atoms with Gasteiger partial charge < -0.3 is 4.42 Å². The van der Waals surface area contributed by atoms with Gasteiger partial charge in [-0.05, 0) is 6.07 Å². The second kappa shape index (κ2) is 5.11. The molecular weight excluding hydrogens is 282 g/mol. The third-order valence-electron chi connectivity index (χ3n) is 3.41. The topological polar surface area (TPSA) is 43.1 Å². The van der Waals surface area contributed by atoms with Crippen molar-refractivity contribution >= 4 is 28.1 Å². The van der Waals surface area contributed by atoms with Crippen LogP contribution in [0.3, 0.4) is 0 Å². The summed E-state index contributed by atoms with van der Waals surface area (Å²) in [5.41, 5.74) is 2.43. The van der Waals surface area contributed by atoms with E-state index in [2.05, 4.69) is 25.8 Å². The Kier molecular flexibility index (Phi) is 3.41. The predicted octanol–water partition coefficient (Wildman–Crippen LogP) is 4.61. The largest absolute Gasteiger partial charge is 0.464 e. The van der Waals surface area contributed by atoms with Gasteiger partial charge in [0.05, 0.1) is 17.7 Å². The first kappa shape index (κ1) is 14.0. The van der Waals surface area contributed by atoms with E-state index in [0.717, 1.165) is 21.7 Å². The second-order valence-electron chi connectivity index (χ2n) is 6.12. The Bertz CT molecular complexity index is 792. The third kappa shape index (κ3) is 2.76. The Balaban J connectivity index is 1.85. The lowest BCUT2D eigenvalue weighted by molar-refractivity contribution is 0.0993. The molecule has 0 bridgehead atoms. The molecule has 0 radical (unpaired) electrons. The molecule has 4 heteroatoms. The average molecular weight is 299 g/mol. The van der Waals surface area contributed by atoms with Crippen LogP contribution in [0.1, 0.15) is 41.8 Å². The van der Waals surface area contributed by atoms with Gasteiger partial charge in [0, 0.05) is 16.2 Å². The van der Waals surface area contributed by atoms with Crippen LogP contribution in [-0.4, -0.2) is 10.8 Å². The first-order valence-corrected chi connectivity index (χ1v) is 7.77. The molecule has 3 aromatic rings. The lowest BCUT2D eigenvalue weighted by atomic mass is 9.93. The molecule has 108 valence electrons. The fourth-order valence-corrected chi connectivity index (χ4v) is 3.18. The van der Waals surface area contributed by atoms with Gasteiger partial charge in [0.25, 0.3) is 0 Å². The smallest absolute Gasteiger partial charge is 0.173 e. The fourth-order valence-electron chi connectivity index (χ4n) is 2.16. The van der Waals surface area contributed by atoms with E-state index in [1.165, 1.54) is 0 Å². The Morgan fingerprint density at radius 2 is 2.05 bits per heavy atom. The van der Waals surface area contributed by atoms with E-state index in [1.54, 1.807) is 17.6 Å². The number of para-hydroxylation sites is 1. The van der Waals surface area contributed by atoms with Crippen molar-refractivity contribution in [3.63, 3.8) is 0 Å². The van der Waals surface area contributed by atoms with Crippen LogP contribution in [-0.2, 0) is 11.8 Å². The van der Waals surface area contributed by atoms with E-state index < -0.39 is 0 Å². The van der Waals surface area contributed by atoms with Crippen LogP contribution in [0.15, 0.2) is 40.3 Å². The first-order valence-electron chi connectivity index (χ1n) is 6.89. The van der Waals surface area contributed by atoms with E-state index in [0.29, 0.717) is 12.0 Å². The van der Waals surface area contributed by atoms with Crippen molar-refractivity contribution in [1.29, 1.82) is 0 Å². The number of rotatable bonds is 3. The lowest BCUT2D eigenvalue weighted by Crippen LogP contribution is -2.12. The van der Waals surface area contributed by atoms with E-state index in [4.69, 9.17) is 4.42 Å². The number of hydrogen-bond acceptors (Lipinski definition) is 4. The van der Waals surface area contributed by atoms with E-state index in [1.807, 2.05) is 29.6 Å². The minimum absolute atomic E-state index is 0.0140. The highest BCUT2D eigenvalue weighted by atomic mass is 32.1. The summed E-state index contributed by atoms with van der Waals surface area (Å²) >= 11 is 1.54. The number of nitrogens with zero attached hydrogens (tertiary/aromatic N) is 1. The summed E-state index contributed by atoms with van der Waals surface area (Å²) in [4.78, 5) is 17.0. The Morgan fingerprint density at radius 3 is 2.76 bits per heavy atom. The number of thiazole rings is 1. The maximum Gasteiger partial charge on any atom is 0.173 e. The summed E-state index contributed by atoms with van der Waals surface area (Å²) in [7, 11) is 0. The number of furan rings is 1. The number of benzene rings is 1. The zero-order valence-electron chi connectivity index (χ0n) is 12.3. The minimum Gasteiger partial charge on any atom is -0.464 e. The highest BCUT2D eigenvalue weighted by Crippen LogP contribution is 2.26. The molecule has 0 aliphatic heterocycles. The molecular formula is C17H17NO2S. The van der Waals surface area contributed by atoms with Crippen LogP contribution in [0, 0.1) is 0 Å². The van der Waals surface area contributed by atoms with E-state index >= 15 is 0 Å². The van der Waals surface area contributed by atoms with Crippen LogP contribution in [0.25, 0.3) is 11.0 Å². The SMILES string of the molecule is CC(C)(C)c1csc(CC(=O)c2coc3ccccc23)n1. The maximum atomic E-state index is 12.5. The van der Waals surface area contributed by atoms with Gasteiger partial charge in [0.1, 0.15) is 16.9 Å². The summed E-state index contributed by atoms with van der Waals surface area (Å²) < 4.78 is 5.43. The monoisotopic (exact) mass is 299 g/mol. The molecule has 0 aliphatic rings. The standard InChI is InChI=1S/C17H17NO2S/c1-17(2,3)15-10-21-16(18-15)8-13(19)12-9-20-14-7-5-4-6-11(12)14/h4-7,9-10H,8H2,1-3H3. The molecule has 0 unspecified atom stereocenters. The number of ketones is 1. The Hall–Kier alpha value is -1.94. The van der Waals surface area contributed by atoms with Crippen molar-refractivity contribution in [2.45, 2.75) is 32.6 Å². The molecule has 2 heterocycles. The summed E-state index contributed by atoms with van der Waals surface area (Å²) in [6.45, 7) is 6.37. The number of carbonyl (C=O) groups excluding carboxylic acids is 1. The maximum absolute atomic E-state index is 12.5. The van der Waals surface area contributed by atoms with Gasteiger partial charge in [-0.3, -0.25) is 4.79 Å². The molecule has 0 spiro atoms. The van der Waals surface area contributed by atoms with E-state index in [-0.39, 0.29) is 11.2 Å². The van der Waals surface area contributed by atoms with Crippen molar-refractivity contribution in [2.24, 2.45) is 0 Å². The molecule has 21 heavy (non-hydrogen) atoms. The van der Waals surface area contributed by atoms with Crippen LogP contribution in [0.2, 0.25) is 0 Å². The zero-order valence-corrected chi connectivity index (χ0v) is 13.2. The fraction of sp³-hybridized carbons (Fsp3) is 0.294. The van der Waals surface area contributed by atoms with Gasteiger partial charge in [-0.2, -0.15) is 0 Å². The average Bonchev–Trinajstić information content (AvgIpc) is 3.03. The summed E-state index contributed by atoms with van der Waals surface area (Å²) in [6.07, 6.45) is 1.87. The number of fused-ring (bicyclic) bond motifs is 1. The first-order chi connectivity index (χ1) is 9.95. The van der Waals surface area contributed by atoms with E-state index in [9.17, 15) is 4.79 Å². The van der Waals surface area contributed by atoms with Crippen LogP contribution in [0.5, 0.6) is 0 Å². The molecule has 0 amide bonds. The van der Waals surface area contributed by atoms with Gasteiger partial charge in [0.15, 0.2) is 5.78 Å². The molecule has 2 aromatic heterocycles. The van der Waals surface area contributed by atoms with Crippen molar-refractivity contribution in [3.05, 3.63) is 52.2 Å². The molecule has 1 aromatic carbocycles. The van der Waals surface area contributed by atoms with Crippen LogP contribution >= 0.6 is 11.3 Å². The van der Waals surface area contributed by atoms with Crippen molar-refractivity contribution < 1.29 is 9.21 Å². The predicted molar refractivity (Wildman–Crippen MR) is 85.1 cm³/mol. The lowest BCUT2D eigenvalue weighted by Gasteiger charge is -2.14. The van der Waals surface area contributed by atoms with Crippen LogP contribution < -0.4 is 0 Å². The molecule has 0 saturated carbocycles. The van der Waals surface area contributed by atoms with Crippen molar-refractivity contribution in [2.75, 3.05) is 0 Å².